The summed E-state index contributed by atoms with van der Waals surface area (Å²) in [6.45, 7) is 0. The number of hydrogen-bond acceptors (Lipinski definition) is 5. The van der Waals surface area contributed by atoms with Gasteiger partial charge in [0.25, 0.3) is 5.91 Å². The summed E-state index contributed by atoms with van der Waals surface area (Å²) in [5.41, 5.74) is 5.09. The lowest BCUT2D eigenvalue weighted by atomic mass is 9.69. The van der Waals surface area contributed by atoms with E-state index in [-0.39, 0.29) is 17.5 Å². The summed E-state index contributed by atoms with van der Waals surface area (Å²) in [5.74, 6) is 0.244. The second-order valence-corrected chi connectivity index (χ2v) is 5.52. The van der Waals surface area contributed by atoms with Crippen molar-refractivity contribution >= 4 is 23.5 Å². The molecule has 0 radical (unpaired) electrons. The third-order valence-corrected chi connectivity index (χ3v) is 4.28. The Hall–Kier alpha value is -1.76. The normalized spacial score (nSPS) is 28.1. The molecule has 7 heteroatoms. The molecular weight excluding hydrogens is 264 g/mol. The number of carbonyl (C=O) groups excluding carboxylic acids is 2. The molecule has 3 atom stereocenters. The fraction of sp³-hybridized carbons (Fsp3) is 0.500. The minimum Gasteiger partial charge on any atom is -0.273 e. The summed E-state index contributed by atoms with van der Waals surface area (Å²) in [5, 5.41) is 0. The highest BCUT2D eigenvalue weighted by Gasteiger charge is 2.36. The van der Waals surface area contributed by atoms with E-state index in [4.69, 9.17) is 0 Å². The van der Waals surface area contributed by atoms with Crippen molar-refractivity contribution in [1.29, 1.82) is 0 Å². The van der Waals surface area contributed by atoms with E-state index in [1.807, 2.05) is 0 Å². The smallest absolute Gasteiger partial charge is 0.273 e. The van der Waals surface area contributed by atoms with Crippen LogP contribution in [0.1, 0.15) is 29.8 Å². The van der Waals surface area contributed by atoms with Gasteiger partial charge in [0.05, 0.1) is 17.9 Å². The molecule has 19 heavy (non-hydrogen) atoms. The second-order valence-electron chi connectivity index (χ2n) is 4.96. The molecule has 0 unspecified atom stereocenters. The maximum absolute atomic E-state index is 12.1. The van der Waals surface area contributed by atoms with Gasteiger partial charge in [0.1, 0.15) is 0 Å². The van der Waals surface area contributed by atoms with Gasteiger partial charge in [-0.05, 0) is 31.1 Å². The van der Waals surface area contributed by atoms with Crippen molar-refractivity contribution in [2.24, 2.45) is 17.8 Å². The minimum absolute atomic E-state index is 0.0300. The number of hydrazine groups is 1. The Bertz CT molecular complexity index is 514. The van der Waals surface area contributed by atoms with E-state index in [1.54, 1.807) is 0 Å². The topological polar surface area (TPSA) is 84.0 Å². The number of carbonyl (C=O) groups is 2. The molecule has 1 aromatic heterocycles. The predicted octanol–water partition coefficient (Wildman–Crippen LogP) is 0.901. The molecule has 3 aliphatic rings. The number of rotatable bonds is 2. The van der Waals surface area contributed by atoms with Crippen LogP contribution in [0.3, 0.4) is 0 Å². The monoisotopic (exact) mass is 278 g/mol. The van der Waals surface area contributed by atoms with Crippen LogP contribution in [0.25, 0.3) is 0 Å². The zero-order valence-corrected chi connectivity index (χ0v) is 11.0. The molecule has 0 spiro atoms. The van der Waals surface area contributed by atoms with E-state index in [2.05, 4.69) is 31.8 Å². The van der Waals surface area contributed by atoms with Crippen molar-refractivity contribution in [3.8, 4) is 0 Å². The van der Waals surface area contributed by atoms with Crippen molar-refractivity contribution in [3.05, 3.63) is 24.0 Å². The van der Waals surface area contributed by atoms with Crippen molar-refractivity contribution in [1.82, 2.24) is 19.6 Å². The average Bonchev–Trinajstić information content (AvgIpc) is 3.00. The molecule has 1 aromatic rings. The lowest BCUT2D eigenvalue weighted by Crippen LogP contribution is -2.48. The molecule has 100 valence electrons. The quantitative estimate of drug-likeness (QED) is 0.622. The molecule has 6 nitrogen and oxygen atoms in total. The number of amides is 2. The lowest BCUT2D eigenvalue weighted by molar-refractivity contribution is -0.128. The van der Waals surface area contributed by atoms with Crippen LogP contribution < -0.4 is 10.9 Å². The van der Waals surface area contributed by atoms with E-state index < -0.39 is 5.91 Å². The molecular formula is C12H14N4O2S. The minimum atomic E-state index is -0.432. The molecule has 0 aromatic carbocycles. The third-order valence-electron chi connectivity index (χ3n) is 3.80. The Balaban J connectivity index is 1.55. The van der Waals surface area contributed by atoms with E-state index in [1.165, 1.54) is 12.6 Å². The van der Waals surface area contributed by atoms with Crippen LogP contribution in [0.4, 0.5) is 0 Å². The number of hydrogen-bond donors (Lipinski definition) is 2. The first-order valence-corrected chi connectivity index (χ1v) is 7.03. The van der Waals surface area contributed by atoms with Gasteiger partial charge in [-0.1, -0.05) is 12.2 Å². The summed E-state index contributed by atoms with van der Waals surface area (Å²) in [4.78, 5) is 23.7. The Morgan fingerprint density at radius 2 is 2.16 bits per heavy atom. The van der Waals surface area contributed by atoms with Crippen molar-refractivity contribution < 1.29 is 9.59 Å². The average molecular weight is 278 g/mol. The number of nitrogens with one attached hydrogen (secondary N) is 2. The molecule has 0 saturated heterocycles. The number of nitrogens with zero attached hydrogens (tertiary/aromatic N) is 2. The van der Waals surface area contributed by atoms with E-state index in [0.29, 0.717) is 11.8 Å². The molecule has 4 rings (SSSR count). The van der Waals surface area contributed by atoms with Gasteiger partial charge in [0.2, 0.25) is 5.91 Å². The van der Waals surface area contributed by atoms with Crippen LogP contribution in [0, 0.1) is 17.8 Å². The standard InChI is InChI=1S/C12H14N4O2S/c17-11(9-5-7-1-3-8(9)4-2-7)14-15-12(18)10-6-13-19-16-10/h1,3,6-9H,2,4-5H2,(H,14,17)(H,15,18)/t7-,8+,9-/m1/s1. The van der Waals surface area contributed by atoms with Gasteiger partial charge < -0.3 is 0 Å². The third kappa shape index (κ3) is 2.51. The Kier molecular flexibility index (Phi) is 3.29. The van der Waals surface area contributed by atoms with E-state index in [9.17, 15) is 9.59 Å². The Morgan fingerprint density at radius 3 is 2.74 bits per heavy atom. The highest BCUT2D eigenvalue weighted by atomic mass is 32.1. The molecule has 2 bridgehead atoms. The van der Waals surface area contributed by atoms with Gasteiger partial charge in [0.15, 0.2) is 5.69 Å². The molecule has 1 saturated carbocycles. The van der Waals surface area contributed by atoms with Gasteiger partial charge >= 0.3 is 0 Å². The van der Waals surface area contributed by atoms with Gasteiger partial charge in [-0.25, -0.2) is 0 Å². The molecule has 3 aliphatic carbocycles. The maximum Gasteiger partial charge on any atom is 0.291 e. The fourth-order valence-corrected chi connectivity index (χ4v) is 3.18. The molecule has 2 amide bonds. The largest absolute Gasteiger partial charge is 0.291 e. The maximum atomic E-state index is 12.1. The molecule has 1 heterocycles. The van der Waals surface area contributed by atoms with Crippen LogP contribution >= 0.6 is 11.7 Å². The van der Waals surface area contributed by atoms with E-state index in [0.717, 1.165) is 24.6 Å². The first-order valence-electron chi connectivity index (χ1n) is 6.30. The van der Waals surface area contributed by atoms with Crippen LogP contribution in [-0.4, -0.2) is 20.6 Å². The first-order chi connectivity index (χ1) is 9.24. The summed E-state index contributed by atoms with van der Waals surface area (Å²) in [7, 11) is 0. The van der Waals surface area contributed by atoms with Crippen molar-refractivity contribution in [2.45, 2.75) is 19.3 Å². The lowest BCUT2D eigenvalue weighted by Gasteiger charge is -2.36. The highest BCUT2D eigenvalue weighted by molar-refractivity contribution is 6.99. The van der Waals surface area contributed by atoms with Crippen molar-refractivity contribution in [2.75, 3.05) is 0 Å². The zero-order valence-electron chi connectivity index (χ0n) is 10.2. The van der Waals surface area contributed by atoms with Crippen LogP contribution in [0.2, 0.25) is 0 Å². The summed E-state index contributed by atoms with van der Waals surface area (Å²) >= 11 is 0.957. The summed E-state index contributed by atoms with van der Waals surface area (Å²) in [6.07, 6.45) is 8.81. The van der Waals surface area contributed by atoms with Gasteiger partial charge in [-0.2, -0.15) is 8.75 Å². The Labute approximate surface area is 114 Å². The Morgan fingerprint density at radius 1 is 1.26 bits per heavy atom. The van der Waals surface area contributed by atoms with Gasteiger partial charge in [-0.15, -0.1) is 0 Å². The van der Waals surface area contributed by atoms with Crippen molar-refractivity contribution in [3.63, 3.8) is 0 Å². The second kappa shape index (κ2) is 5.08. The van der Waals surface area contributed by atoms with Crippen LogP contribution in [0.15, 0.2) is 18.3 Å². The highest BCUT2D eigenvalue weighted by Crippen LogP contribution is 2.40. The number of aromatic nitrogens is 2. The zero-order chi connectivity index (χ0) is 13.2. The molecule has 2 N–H and O–H groups in total. The SMILES string of the molecule is O=C(NNC(=O)[C@@H]1C[C@@H]2C=C[C@H]1CC2)c1cnsn1. The molecule has 0 aliphatic heterocycles. The van der Waals surface area contributed by atoms with E-state index >= 15 is 0 Å². The van der Waals surface area contributed by atoms with Gasteiger partial charge in [-0.3, -0.25) is 20.4 Å². The van der Waals surface area contributed by atoms with Crippen LogP contribution in [-0.2, 0) is 4.79 Å². The molecule has 1 fully saturated rings. The summed E-state index contributed by atoms with van der Waals surface area (Å²) in [6, 6.07) is 0. The fourth-order valence-electron chi connectivity index (χ4n) is 2.77. The van der Waals surface area contributed by atoms with Crippen LogP contribution in [0.5, 0.6) is 0 Å². The predicted molar refractivity (Wildman–Crippen MR) is 69.0 cm³/mol. The number of allylic oxidation sites excluding steroid dienone is 2. The number of fused-ring (bicyclic) bond motifs is 2. The first kappa shape index (κ1) is 12.3. The summed E-state index contributed by atoms with van der Waals surface area (Å²) < 4.78 is 7.54. The van der Waals surface area contributed by atoms with Gasteiger partial charge in [0, 0.05) is 5.92 Å².